The fourth-order valence-electron chi connectivity index (χ4n) is 5.10. The standard InChI is InChI=1S/C30H33FN2O3/c1-18(32)22-7-4-8-23(30(22)31)21-14-25-24(26(15-21)33-17-19-12-13-19)9-5-11-28(25)36-27-10-3-2-6-20(27)16-29(34)35/h2-4,6-8,10,14-15,18-19,28,33H,5,9,11-13,16-17,32H2,1H3,(H,34,35)/t18-,28?/m1/s1. The first-order chi connectivity index (χ1) is 17.4. The quantitative estimate of drug-likeness (QED) is 0.324. The molecule has 2 aliphatic carbocycles. The topological polar surface area (TPSA) is 84.6 Å². The summed E-state index contributed by atoms with van der Waals surface area (Å²) < 4.78 is 22.0. The van der Waals surface area contributed by atoms with Gasteiger partial charge in [0.2, 0.25) is 0 Å². The van der Waals surface area contributed by atoms with E-state index in [1.54, 1.807) is 25.1 Å². The highest BCUT2D eigenvalue weighted by molar-refractivity contribution is 5.74. The molecule has 36 heavy (non-hydrogen) atoms. The third kappa shape index (κ3) is 5.24. The molecule has 0 spiro atoms. The largest absolute Gasteiger partial charge is 0.485 e. The number of fused-ring (bicyclic) bond motifs is 1. The number of nitrogens with two attached hydrogens (primary N) is 1. The molecule has 2 atom stereocenters. The number of carbonyl (C=O) groups is 1. The van der Waals surface area contributed by atoms with Crippen LogP contribution in [-0.4, -0.2) is 17.6 Å². The van der Waals surface area contributed by atoms with Crippen LogP contribution in [0.5, 0.6) is 5.75 Å². The average molecular weight is 489 g/mol. The van der Waals surface area contributed by atoms with Crippen LogP contribution in [0, 0.1) is 11.7 Å². The third-order valence-electron chi connectivity index (χ3n) is 7.22. The van der Waals surface area contributed by atoms with Crippen molar-refractivity contribution in [1.82, 2.24) is 0 Å². The normalized spacial score (nSPS) is 17.8. The van der Waals surface area contributed by atoms with Gasteiger partial charge in [-0.15, -0.1) is 0 Å². The lowest BCUT2D eigenvalue weighted by atomic mass is 9.85. The van der Waals surface area contributed by atoms with Gasteiger partial charge < -0.3 is 20.9 Å². The minimum Gasteiger partial charge on any atom is -0.485 e. The number of benzene rings is 3. The average Bonchev–Trinajstić information content (AvgIpc) is 3.68. The second kappa shape index (κ2) is 10.3. The van der Waals surface area contributed by atoms with Gasteiger partial charge in [-0.2, -0.15) is 0 Å². The minimum absolute atomic E-state index is 0.0980. The number of hydrogen-bond donors (Lipinski definition) is 3. The molecule has 1 fully saturated rings. The number of aliphatic carboxylic acids is 1. The van der Waals surface area contributed by atoms with Crippen LogP contribution in [0.2, 0.25) is 0 Å². The first-order valence-electron chi connectivity index (χ1n) is 12.8. The predicted octanol–water partition coefficient (Wildman–Crippen LogP) is 6.42. The second-order valence-corrected chi connectivity index (χ2v) is 10.1. The highest BCUT2D eigenvalue weighted by Gasteiger charge is 2.28. The highest BCUT2D eigenvalue weighted by atomic mass is 19.1. The molecule has 0 aliphatic heterocycles. The molecule has 0 heterocycles. The molecule has 0 aromatic heterocycles. The van der Waals surface area contributed by atoms with Crippen molar-refractivity contribution in [3.05, 3.63) is 82.7 Å². The Balaban J connectivity index is 1.57. The van der Waals surface area contributed by atoms with Crippen LogP contribution in [0.3, 0.4) is 0 Å². The molecule has 5 rings (SSSR count). The number of ether oxygens (including phenoxy) is 1. The first kappa shape index (κ1) is 24.3. The third-order valence-corrected chi connectivity index (χ3v) is 7.22. The number of rotatable bonds is 9. The molecule has 6 heteroatoms. The van der Waals surface area contributed by atoms with E-state index in [0.29, 0.717) is 28.4 Å². The second-order valence-electron chi connectivity index (χ2n) is 10.1. The van der Waals surface area contributed by atoms with Crippen LogP contribution in [0.25, 0.3) is 11.1 Å². The Morgan fingerprint density at radius 3 is 2.72 bits per heavy atom. The number of hydrogen-bond acceptors (Lipinski definition) is 4. The van der Waals surface area contributed by atoms with E-state index in [4.69, 9.17) is 10.5 Å². The lowest BCUT2D eigenvalue weighted by Gasteiger charge is -2.30. The van der Waals surface area contributed by atoms with Gasteiger partial charge in [0.1, 0.15) is 17.7 Å². The molecule has 3 aromatic carbocycles. The summed E-state index contributed by atoms with van der Waals surface area (Å²) >= 11 is 0. The molecule has 3 aromatic rings. The maximum Gasteiger partial charge on any atom is 0.307 e. The number of carboxylic acid groups (broad SMARTS) is 1. The number of carboxylic acids is 1. The molecule has 0 saturated heterocycles. The van der Waals surface area contributed by atoms with Crippen LogP contribution in [0.15, 0.2) is 54.6 Å². The van der Waals surface area contributed by atoms with Gasteiger partial charge in [0.25, 0.3) is 0 Å². The summed E-state index contributed by atoms with van der Waals surface area (Å²) in [7, 11) is 0. The zero-order valence-corrected chi connectivity index (χ0v) is 20.6. The van der Waals surface area contributed by atoms with Gasteiger partial charge in [-0.1, -0.05) is 36.4 Å². The summed E-state index contributed by atoms with van der Waals surface area (Å²) in [6.07, 6.45) is 4.83. The Bertz CT molecular complexity index is 1270. The zero-order chi connectivity index (χ0) is 25.2. The predicted molar refractivity (Wildman–Crippen MR) is 140 cm³/mol. The highest BCUT2D eigenvalue weighted by Crippen LogP contribution is 2.42. The Morgan fingerprint density at radius 1 is 1.17 bits per heavy atom. The summed E-state index contributed by atoms with van der Waals surface area (Å²) in [5.74, 6) is 0.0934. The van der Waals surface area contributed by atoms with E-state index in [9.17, 15) is 9.90 Å². The van der Waals surface area contributed by atoms with Gasteiger partial charge in [0, 0.05) is 35.0 Å². The molecule has 4 N–H and O–H groups in total. The van der Waals surface area contributed by atoms with Gasteiger partial charge in [-0.3, -0.25) is 4.79 Å². The monoisotopic (exact) mass is 488 g/mol. The lowest BCUT2D eigenvalue weighted by molar-refractivity contribution is -0.136. The molecular weight excluding hydrogens is 455 g/mol. The Labute approximate surface area is 211 Å². The molecule has 0 bridgehead atoms. The molecule has 5 nitrogen and oxygen atoms in total. The van der Waals surface area contributed by atoms with Crippen molar-refractivity contribution < 1.29 is 19.0 Å². The lowest BCUT2D eigenvalue weighted by Crippen LogP contribution is -2.19. The van der Waals surface area contributed by atoms with E-state index in [0.717, 1.165) is 42.6 Å². The zero-order valence-electron chi connectivity index (χ0n) is 20.6. The van der Waals surface area contributed by atoms with Crippen molar-refractivity contribution in [2.75, 3.05) is 11.9 Å². The van der Waals surface area contributed by atoms with Gasteiger partial charge in [0.15, 0.2) is 0 Å². The smallest absolute Gasteiger partial charge is 0.307 e. The van der Waals surface area contributed by atoms with E-state index < -0.39 is 12.0 Å². The molecule has 1 unspecified atom stereocenters. The van der Waals surface area contributed by atoms with Gasteiger partial charge >= 0.3 is 5.97 Å². The van der Waals surface area contributed by atoms with Crippen molar-refractivity contribution >= 4 is 11.7 Å². The van der Waals surface area contributed by atoms with Crippen molar-refractivity contribution in [2.45, 2.75) is 57.6 Å². The van der Waals surface area contributed by atoms with Crippen molar-refractivity contribution in [3.63, 3.8) is 0 Å². The van der Waals surface area contributed by atoms with Crippen LogP contribution < -0.4 is 15.8 Å². The van der Waals surface area contributed by atoms with Gasteiger partial charge in [-0.05, 0) is 79.8 Å². The number of para-hydroxylation sites is 1. The van der Waals surface area contributed by atoms with Crippen LogP contribution >= 0.6 is 0 Å². The fourth-order valence-corrected chi connectivity index (χ4v) is 5.10. The minimum atomic E-state index is -0.895. The van der Waals surface area contributed by atoms with Gasteiger partial charge in [0.05, 0.1) is 6.42 Å². The van der Waals surface area contributed by atoms with Crippen molar-refractivity contribution in [3.8, 4) is 16.9 Å². The Morgan fingerprint density at radius 2 is 1.97 bits per heavy atom. The summed E-state index contributed by atoms with van der Waals surface area (Å²) in [4.78, 5) is 11.4. The number of nitrogens with one attached hydrogen (secondary N) is 1. The summed E-state index contributed by atoms with van der Waals surface area (Å²) in [6.45, 7) is 2.70. The first-order valence-corrected chi connectivity index (χ1v) is 12.8. The summed E-state index contributed by atoms with van der Waals surface area (Å²) in [5, 5.41) is 13.0. The van der Waals surface area contributed by atoms with E-state index in [-0.39, 0.29) is 18.3 Å². The molecule has 0 radical (unpaired) electrons. The SMILES string of the molecule is C[C@@H](N)c1cccc(-c2cc(NCC3CC3)c3c(c2)C(Oc2ccccc2CC(=O)O)CCC3)c1F. The summed E-state index contributed by atoms with van der Waals surface area (Å²) in [5.41, 5.74) is 11.8. The van der Waals surface area contributed by atoms with Crippen LogP contribution in [0.4, 0.5) is 10.1 Å². The molecule has 2 aliphatic rings. The van der Waals surface area contributed by atoms with Gasteiger partial charge in [-0.25, -0.2) is 4.39 Å². The number of anilines is 1. The van der Waals surface area contributed by atoms with E-state index in [2.05, 4.69) is 11.4 Å². The molecule has 1 saturated carbocycles. The molecule has 188 valence electrons. The summed E-state index contributed by atoms with van der Waals surface area (Å²) in [6, 6.07) is 16.4. The molecular formula is C30H33FN2O3. The van der Waals surface area contributed by atoms with E-state index >= 15 is 4.39 Å². The maximum absolute atomic E-state index is 15.5. The van der Waals surface area contributed by atoms with Crippen molar-refractivity contribution in [1.29, 1.82) is 0 Å². The van der Waals surface area contributed by atoms with Crippen LogP contribution in [0.1, 0.15) is 67.0 Å². The number of halogens is 1. The van der Waals surface area contributed by atoms with E-state index in [1.807, 2.05) is 30.3 Å². The Kier molecular flexibility index (Phi) is 6.97. The van der Waals surface area contributed by atoms with E-state index in [1.165, 1.54) is 18.4 Å². The molecule has 0 amide bonds. The Hall–Kier alpha value is -3.38. The van der Waals surface area contributed by atoms with Crippen LogP contribution in [-0.2, 0) is 17.6 Å². The fraction of sp³-hybridized carbons (Fsp3) is 0.367. The van der Waals surface area contributed by atoms with Crippen molar-refractivity contribution in [2.24, 2.45) is 11.7 Å². The maximum atomic E-state index is 15.5.